The van der Waals surface area contributed by atoms with Gasteiger partial charge < -0.3 is 0 Å². The SMILES string of the molecule is O=S(=O)(Cl)c1cc(S(=O)(=O)Cl)c2c(I)ccc(S(=O)(=O)Cl)c2c1. The first-order chi connectivity index (χ1) is 10.2. The average Bonchev–Trinajstić information content (AvgIpc) is 2.34. The van der Waals surface area contributed by atoms with E-state index in [9.17, 15) is 25.3 Å². The second-order valence-corrected chi connectivity index (χ2v) is 13.0. The molecule has 0 atom stereocenters. The van der Waals surface area contributed by atoms with Gasteiger partial charge in [-0.1, -0.05) is 0 Å². The van der Waals surface area contributed by atoms with Crippen LogP contribution in [0.2, 0.25) is 0 Å². The summed E-state index contributed by atoms with van der Waals surface area (Å²) in [4.78, 5) is -1.66. The minimum absolute atomic E-state index is 0.0635. The lowest BCUT2D eigenvalue weighted by Gasteiger charge is -2.11. The van der Waals surface area contributed by atoms with Crippen LogP contribution in [-0.2, 0) is 27.2 Å². The highest BCUT2D eigenvalue weighted by molar-refractivity contribution is 14.1. The molecule has 2 aromatic rings. The Hall–Kier alpha value is 0.150. The van der Waals surface area contributed by atoms with Crippen molar-refractivity contribution in [1.29, 1.82) is 0 Å². The van der Waals surface area contributed by atoms with Crippen LogP contribution in [-0.4, -0.2) is 25.3 Å². The van der Waals surface area contributed by atoms with Gasteiger partial charge in [0.15, 0.2) is 0 Å². The van der Waals surface area contributed by atoms with Crippen LogP contribution in [0.5, 0.6) is 0 Å². The van der Waals surface area contributed by atoms with E-state index in [4.69, 9.17) is 32.0 Å². The first-order valence-corrected chi connectivity index (χ1v) is 13.3. The number of rotatable bonds is 3. The van der Waals surface area contributed by atoms with Gasteiger partial charge >= 0.3 is 0 Å². The molecule has 0 aliphatic heterocycles. The van der Waals surface area contributed by atoms with E-state index in [0.717, 1.165) is 18.2 Å². The summed E-state index contributed by atoms with van der Waals surface area (Å²) in [5.74, 6) is 0. The highest BCUT2D eigenvalue weighted by atomic mass is 127. The van der Waals surface area contributed by atoms with Crippen molar-refractivity contribution in [3.8, 4) is 0 Å². The Kier molecular flexibility index (Phi) is 5.20. The summed E-state index contributed by atoms with van der Waals surface area (Å²) in [6, 6.07) is 4.14. The van der Waals surface area contributed by atoms with Gasteiger partial charge in [0.05, 0.1) is 14.7 Å². The first-order valence-electron chi connectivity index (χ1n) is 5.33. The van der Waals surface area contributed by atoms with Gasteiger partial charge in [-0.05, 0) is 46.9 Å². The van der Waals surface area contributed by atoms with Crippen LogP contribution in [0.1, 0.15) is 0 Å². The topological polar surface area (TPSA) is 102 Å². The fourth-order valence-electron chi connectivity index (χ4n) is 1.90. The summed E-state index contributed by atoms with van der Waals surface area (Å²) >= 11 is 1.76. The van der Waals surface area contributed by atoms with Crippen LogP contribution in [0.15, 0.2) is 39.0 Å². The van der Waals surface area contributed by atoms with E-state index >= 15 is 0 Å². The van der Waals surface area contributed by atoms with Crippen molar-refractivity contribution in [3.63, 3.8) is 0 Å². The zero-order chi connectivity index (χ0) is 17.8. The van der Waals surface area contributed by atoms with E-state index in [2.05, 4.69) is 0 Å². The van der Waals surface area contributed by atoms with Gasteiger partial charge in [0.1, 0.15) is 0 Å². The van der Waals surface area contributed by atoms with Gasteiger partial charge in [-0.15, -0.1) is 0 Å². The summed E-state index contributed by atoms with van der Waals surface area (Å²) in [7, 11) is 2.90. The molecule has 0 fully saturated rings. The van der Waals surface area contributed by atoms with Gasteiger partial charge in [-0.25, -0.2) is 25.3 Å². The number of hydrogen-bond acceptors (Lipinski definition) is 6. The van der Waals surface area contributed by atoms with Crippen molar-refractivity contribution in [3.05, 3.63) is 27.8 Å². The third-order valence-corrected chi connectivity index (χ3v) is 7.73. The van der Waals surface area contributed by atoms with Crippen molar-refractivity contribution >= 4 is 92.6 Å². The molecule has 6 nitrogen and oxygen atoms in total. The summed E-state index contributed by atoms with van der Waals surface area (Å²) in [6.45, 7) is 0. The molecule has 2 aromatic carbocycles. The van der Waals surface area contributed by atoms with Gasteiger partial charge in [-0.3, -0.25) is 0 Å². The molecule has 126 valence electrons. The van der Waals surface area contributed by atoms with Crippen LogP contribution in [0, 0.1) is 3.57 Å². The predicted octanol–water partition coefficient (Wildman–Crippen LogP) is 3.23. The minimum Gasteiger partial charge on any atom is -0.207 e. The molecule has 0 aliphatic carbocycles. The third-order valence-electron chi connectivity index (χ3n) is 2.77. The smallest absolute Gasteiger partial charge is 0.207 e. The zero-order valence-corrected chi connectivity index (χ0v) is 17.4. The molecular formula is C10H4Cl3IO6S3. The summed E-state index contributed by atoms with van der Waals surface area (Å²) in [6.07, 6.45) is 0. The molecule has 0 aromatic heterocycles. The van der Waals surface area contributed by atoms with Crippen molar-refractivity contribution < 1.29 is 25.3 Å². The minimum atomic E-state index is -4.39. The van der Waals surface area contributed by atoms with Crippen LogP contribution < -0.4 is 0 Å². The molecule has 0 bridgehead atoms. The van der Waals surface area contributed by atoms with Crippen LogP contribution in [0.3, 0.4) is 0 Å². The molecule has 0 aliphatic rings. The van der Waals surface area contributed by atoms with Gasteiger partial charge in [0.25, 0.3) is 27.2 Å². The lowest BCUT2D eigenvalue weighted by molar-refractivity contribution is 0.606. The standard InChI is InChI=1S/C10H4Cl3IO6S3/c11-21(15,16)5-3-6-8(22(12,17)18)2-1-7(14)10(6)9(4-5)23(13,19)20/h1-4H. The second-order valence-electron chi connectivity index (χ2n) is 4.20. The maximum atomic E-state index is 11.8. The lowest BCUT2D eigenvalue weighted by Crippen LogP contribution is -2.02. The Morgan fingerprint density at radius 1 is 0.739 bits per heavy atom. The molecule has 0 heterocycles. The van der Waals surface area contributed by atoms with E-state index in [1.54, 1.807) is 22.6 Å². The molecule has 0 radical (unpaired) electrons. The van der Waals surface area contributed by atoms with Crippen molar-refractivity contribution in [1.82, 2.24) is 0 Å². The monoisotopic (exact) mass is 548 g/mol. The van der Waals surface area contributed by atoms with Crippen LogP contribution in [0.25, 0.3) is 10.8 Å². The quantitative estimate of drug-likeness (QED) is 0.430. The first kappa shape index (κ1) is 19.5. The second kappa shape index (κ2) is 6.15. The average molecular weight is 550 g/mol. The van der Waals surface area contributed by atoms with E-state index in [0.29, 0.717) is 3.57 Å². The fourth-order valence-corrected chi connectivity index (χ4v) is 5.86. The molecule has 0 amide bonds. The van der Waals surface area contributed by atoms with Crippen molar-refractivity contribution in [2.45, 2.75) is 14.7 Å². The molecular weight excluding hydrogens is 546 g/mol. The summed E-state index contributed by atoms with van der Waals surface area (Å²) in [5.41, 5.74) is 0. The molecule has 0 saturated carbocycles. The predicted molar refractivity (Wildman–Crippen MR) is 95.8 cm³/mol. The fraction of sp³-hybridized carbons (Fsp3) is 0. The molecule has 23 heavy (non-hydrogen) atoms. The van der Waals surface area contributed by atoms with E-state index in [1.807, 2.05) is 0 Å². The van der Waals surface area contributed by atoms with Gasteiger partial charge in [0.2, 0.25) is 0 Å². The molecule has 0 saturated heterocycles. The van der Waals surface area contributed by atoms with Crippen molar-refractivity contribution in [2.24, 2.45) is 0 Å². The largest absolute Gasteiger partial charge is 0.262 e. The zero-order valence-electron chi connectivity index (χ0n) is 10.5. The Bertz CT molecular complexity index is 1140. The van der Waals surface area contributed by atoms with E-state index in [-0.39, 0.29) is 10.8 Å². The highest BCUT2D eigenvalue weighted by Gasteiger charge is 2.25. The van der Waals surface area contributed by atoms with Crippen molar-refractivity contribution in [2.75, 3.05) is 0 Å². The summed E-state index contributed by atoms with van der Waals surface area (Å²) < 4.78 is 70.3. The molecule has 13 heteroatoms. The Balaban J connectivity index is 3.25. The Morgan fingerprint density at radius 3 is 1.70 bits per heavy atom. The third kappa shape index (κ3) is 4.05. The molecule has 0 N–H and O–H groups in total. The summed E-state index contributed by atoms with van der Waals surface area (Å²) in [5, 5.41) is -0.278. The maximum absolute atomic E-state index is 11.8. The maximum Gasteiger partial charge on any atom is 0.262 e. The van der Waals surface area contributed by atoms with Gasteiger partial charge in [0, 0.05) is 46.4 Å². The van der Waals surface area contributed by atoms with Crippen LogP contribution in [0.4, 0.5) is 0 Å². The normalized spacial score (nSPS) is 13.4. The Labute approximate surface area is 159 Å². The molecule has 0 unspecified atom stereocenters. The lowest BCUT2D eigenvalue weighted by atomic mass is 10.1. The van der Waals surface area contributed by atoms with Crippen LogP contribution >= 0.6 is 54.6 Å². The van der Waals surface area contributed by atoms with Gasteiger partial charge in [-0.2, -0.15) is 0 Å². The Morgan fingerprint density at radius 2 is 1.26 bits per heavy atom. The van der Waals surface area contributed by atoms with E-state index < -0.39 is 41.8 Å². The highest BCUT2D eigenvalue weighted by Crippen LogP contribution is 2.37. The molecule has 0 spiro atoms. The number of hydrogen-bond donors (Lipinski definition) is 0. The number of fused-ring (bicyclic) bond motifs is 1. The number of halogens is 4. The van der Waals surface area contributed by atoms with E-state index in [1.165, 1.54) is 6.07 Å². The number of benzene rings is 2. The molecule has 2 rings (SSSR count).